The second-order valence-electron chi connectivity index (χ2n) is 5.90. The molecule has 1 rings (SSSR count). The van der Waals surface area contributed by atoms with E-state index in [9.17, 15) is 0 Å². The van der Waals surface area contributed by atoms with Crippen LogP contribution in [-0.4, -0.2) is 29.6 Å². The average Bonchev–Trinajstić information content (AvgIpc) is 2.47. The molecule has 0 saturated heterocycles. The van der Waals surface area contributed by atoms with Gasteiger partial charge in [-0.15, -0.1) is 0 Å². The minimum Gasteiger partial charge on any atom is -0.297 e. The van der Waals surface area contributed by atoms with Gasteiger partial charge in [-0.05, 0) is 57.0 Å². The fourth-order valence-electron chi connectivity index (χ4n) is 3.13. The van der Waals surface area contributed by atoms with Crippen LogP contribution in [0.25, 0.3) is 0 Å². The maximum absolute atomic E-state index is 6.39. The number of hydrazine groups is 1. The lowest BCUT2D eigenvalue weighted by Gasteiger charge is -2.45. The molecule has 0 amide bonds. The topological polar surface area (TPSA) is 41.3 Å². The van der Waals surface area contributed by atoms with Gasteiger partial charge < -0.3 is 0 Å². The number of nitrogens with two attached hydrogens (primary N) is 1. The molecule has 4 heteroatoms. The molecule has 2 unspecified atom stereocenters. The van der Waals surface area contributed by atoms with Gasteiger partial charge in [0.05, 0.1) is 0 Å². The molecule has 1 aromatic carbocycles. The van der Waals surface area contributed by atoms with E-state index in [1.165, 1.54) is 5.56 Å². The molecule has 0 aliphatic rings. The molecule has 0 bridgehead atoms. The predicted octanol–water partition coefficient (Wildman–Crippen LogP) is 3.53. The monoisotopic (exact) mass is 311 g/mol. The first kappa shape index (κ1) is 18.4. The number of nitrogens with zero attached hydrogens (tertiary/aromatic N) is 1. The summed E-state index contributed by atoms with van der Waals surface area (Å²) in [7, 11) is 0. The Kier molecular flexibility index (Phi) is 7.14. The molecule has 3 nitrogen and oxygen atoms in total. The second-order valence-corrected chi connectivity index (χ2v) is 6.31. The van der Waals surface area contributed by atoms with Gasteiger partial charge in [-0.1, -0.05) is 44.5 Å². The number of halogens is 1. The Morgan fingerprint density at radius 3 is 2.33 bits per heavy atom. The van der Waals surface area contributed by atoms with E-state index >= 15 is 0 Å². The van der Waals surface area contributed by atoms with E-state index in [4.69, 9.17) is 17.4 Å². The molecule has 0 aromatic heterocycles. The maximum atomic E-state index is 6.39. The molecule has 0 spiro atoms. The molecule has 0 aliphatic heterocycles. The van der Waals surface area contributed by atoms with E-state index in [-0.39, 0.29) is 11.6 Å². The third-order valence-electron chi connectivity index (χ3n) is 4.79. The van der Waals surface area contributed by atoms with Crippen molar-refractivity contribution in [2.45, 2.75) is 59.0 Å². The smallest absolute Gasteiger partial charge is 0.0441 e. The number of benzene rings is 1. The van der Waals surface area contributed by atoms with Crippen LogP contribution in [0.1, 0.15) is 45.2 Å². The highest BCUT2D eigenvalue weighted by atomic mass is 35.5. The largest absolute Gasteiger partial charge is 0.297 e. The van der Waals surface area contributed by atoms with E-state index in [1.807, 2.05) is 6.07 Å². The molecule has 2 atom stereocenters. The van der Waals surface area contributed by atoms with Crippen LogP contribution in [0.15, 0.2) is 18.2 Å². The summed E-state index contributed by atoms with van der Waals surface area (Å²) in [6, 6.07) is 6.39. The maximum Gasteiger partial charge on any atom is 0.0441 e. The van der Waals surface area contributed by atoms with Crippen LogP contribution in [0.2, 0.25) is 5.02 Å². The predicted molar refractivity (Wildman–Crippen MR) is 92.6 cm³/mol. The summed E-state index contributed by atoms with van der Waals surface area (Å²) >= 11 is 6.39. The number of rotatable bonds is 8. The Labute approximate surface area is 134 Å². The number of hydrogen-bond acceptors (Lipinski definition) is 3. The molecule has 0 heterocycles. The number of nitrogens with one attached hydrogen (secondary N) is 1. The third-order valence-corrected chi connectivity index (χ3v) is 5.14. The fourth-order valence-corrected chi connectivity index (χ4v) is 3.44. The van der Waals surface area contributed by atoms with Gasteiger partial charge in [0, 0.05) is 16.6 Å². The van der Waals surface area contributed by atoms with Crippen LogP contribution < -0.4 is 11.3 Å². The Bertz CT molecular complexity index is 446. The first-order chi connectivity index (χ1) is 9.92. The third kappa shape index (κ3) is 4.19. The highest BCUT2D eigenvalue weighted by molar-refractivity contribution is 6.31. The van der Waals surface area contributed by atoms with E-state index in [2.05, 4.69) is 57.1 Å². The lowest BCUT2D eigenvalue weighted by atomic mass is 9.83. The zero-order chi connectivity index (χ0) is 16.0. The van der Waals surface area contributed by atoms with Crippen molar-refractivity contribution in [2.24, 2.45) is 5.84 Å². The van der Waals surface area contributed by atoms with E-state index in [1.54, 1.807) is 0 Å². The molecule has 0 aliphatic carbocycles. The normalized spacial score (nSPS) is 16.0. The first-order valence-electron chi connectivity index (χ1n) is 7.89. The molecule has 21 heavy (non-hydrogen) atoms. The molecule has 0 saturated carbocycles. The summed E-state index contributed by atoms with van der Waals surface area (Å²) in [4.78, 5) is 2.47. The molecule has 3 N–H and O–H groups in total. The summed E-state index contributed by atoms with van der Waals surface area (Å²) in [5, 5.41) is 0.827. The van der Waals surface area contributed by atoms with Gasteiger partial charge in [-0.25, -0.2) is 0 Å². The fraction of sp³-hybridized carbons (Fsp3) is 0.647. The summed E-state index contributed by atoms with van der Waals surface area (Å²) in [5.41, 5.74) is 5.37. The van der Waals surface area contributed by atoms with Crippen LogP contribution in [-0.2, 0) is 6.42 Å². The van der Waals surface area contributed by atoms with Crippen LogP contribution in [0.4, 0.5) is 0 Å². The molecular weight excluding hydrogens is 282 g/mol. The van der Waals surface area contributed by atoms with Crippen molar-refractivity contribution in [3.63, 3.8) is 0 Å². The average molecular weight is 312 g/mol. The van der Waals surface area contributed by atoms with Crippen LogP contribution >= 0.6 is 11.6 Å². The van der Waals surface area contributed by atoms with Crippen molar-refractivity contribution in [1.82, 2.24) is 10.3 Å². The number of likely N-dealkylation sites (N-methyl/N-ethyl adjacent to an activating group) is 1. The SMILES string of the molecule is CCN(CC)C(C)(CC)C(Cc1ccc(C)cc1Cl)NN. The Hall–Kier alpha value is -0.610. The minimum atomic E-state index is 0.00641. The molecule has 1 aromatic rings. The van der Waals surface area contributed by atoms with E-state index < -0.39 is 0 Å². The summed E-state index contributed by atoms with van der Waals surface area (Å²) in [5.74, 6) is 5.89. The highest BCUT2D eigenvalue weighted by Gasteiger charge is 2.36. The van der Waals surface area contributed by atoms with Gasteiger partial charge in [0.1, 0.15) is 0 Å². The number of hydrogen-bond donors (Lipinski definition) is 2. The summed E-state index contributed by atoms with van der Waals surface area (Å²) in [6.07, 6.45) is 1.86. The first-order valence-corrected chi connectivity index (χ1v) is 8.26. The quantitative estimate of drug-likeness (QED) is 0.570. The second kappa shape index (κ2) is 8.14. The van der Waals surface area contributed by atoms with Gasteiger partial charge in [-0.2, -0.15) is 0 Å². The lowest BCUT2D eigenvalue weighted by molar-refractivity contribution is 0.0701. The molecule has 120 valence electrons. The Morgan fingerprint density at radius 1 is 1.29 bits per heavy atom. The molecular formula is C17H30ClN3. The van der Waals surface area contributed by atoms with E-state index in [0.29, 0.717) is 0 Å². The summed E-state index contributed by atoms with van der Waals surface area (Å²) in [6.45, 7) is 13.0. The Morgan fingerprint density at radius 2 is 1.90 bits per heavy atom. The minimum absolute atomic E-state index is 0.00641. The van der Waals surface area contributed by atoms with Gasteiger partial charge in [0.15, 0.2) is 0 Å². The summed E-state index contributed by atoms with van der Waals surface area (Å²) < 4.78 is 0. The van der Waals surface area contributed by atoms with Gasteiger partial charge in [0.25, 0.3) is 0 Å². The number of aryl methyl sites for hydroxylation is 1. The molecule has 0 radical (unpaired) electrons. The van der Waals surface area contributed by atoms with Crippen LogP contribution in [0.3, 0.4) is 0 Å². The van der Waals surface area contributed by atoms with Crippen molar-refractivity contribution >= 4 is 11.6 Å². The van der Waals surface area contributed by atoms with Crippen LogP contribution in [0.5, 0.6) is 0 Å². The van der Waals surface area contributed by atoms with Crippen molar-refractivity contribution < 1.29 is 0 Å². The van der Waals surface area contributed by atoms with Crippen molar-refractivity contribution in [3.8, 4) is 0 Å². The zero-order valence-corrected chi connectivity index (χ0v) is 14.8. The van der Waals surface area contributed by atoms with Crippen molar-refractivity contribution in [1.29, 1.82) is 0 Å². The van der Waals surface area contributed by atoms with Crippen molar-refractivity contribution in [2.75, 3.05) is 13.1 Å². The van der Waals surface area contributed by atoms with E-state index in [0.717, 1.165) is 36.5 Å². The zero-order valence-electron chi connectivity index (χ0n) is 14.0. The van der Waals surface area contributed by atoms with Gasteiger partial charge in [0.2, 0.25) is 0 Å². The molecule has 0 fully saturated rings. The lowest BCUT2D eigenvalue weighted by Crippen LogP contribution is -2.61. The van der Waals surface area contributed by atoms with Crippen LogP contribution in [0, 0.1) is 6.92 Å². The Balaban J connectivity index is 3.04. The standard InChI is InChI=1S/C17H30ClN3/c1-6-17(5,21(7-2)8-3)16(20-19)12-14-10-9-13(4)11-15(14)18/h9-11,16,20H,6-8,12,19H2,1-5H3. The van der Waals surface area contributed by atoms with Crippen molar-refractivity contribution in [3.05, 3.63) is 34.3 Å². The van der Waals surface area contributed by atoms with Gasteiger partial charge >= 0.3 is 0 Å². The van der Waals surface area contributed by atoms with Gasteiger partial charge in [-0.3, -0.25) is 16.2 Å². The highest BCUT2D eigenvalue weighted by Crippen LogP contribution is 2.28.